The number of rotatable bonds is 15. The molecule has 0 saturated carbocycles. The van der Waals surface area contributed by atoms with E-state index < -0.39 is 54.5 Å². The van der Waals surface area contributed by atoms with Crippen LogP contribution in [0.5, 0.6) is 0 Å². The van der Waals surface area contributed by atoms with E-state index in [2.05, 4.69) is 20.9 Å². The topological polar surface area (TPSA) is 235 Å². The molecule has 0 radical (unpaired) electrons. The van der Waals surface area contributed by atoms with E-state index in [4.69, 9.17) is 17.2 Å². The fraction of sp³-hybridized carbons (Fsp3) is 0.750. The van der Waals surface area contributed by atoms with Crippen molar-refractivity contribution in [3.63, 3.8) is 0 Å². The lowest BCUT2D eigenvalue weighted by Crippen LogP contribution is -2.59. The van der Waals surface area contributed by atoms with Gasteiger partial charge in [0.25, 0.3) is 0 Å². The smallest absolute Gasteiger partial charge is 0.326 e. The number of aliphatic hydroxyl groups excluding tert-OH is 1. The van der Waals surface area contributed by atoms with Gasteiger partial charge in [0, 0.05) is 6.54 Å². The van der Waals surface area contributed by atoms with E-state index in [9.17, 15) is 29.4 Å². The number of aliphatic hydroxyl groups is 1. The number of carbonyl (C=O) groups excluding carboxylic acids is 3. The Morgan fingerprint density at radius 2 is 1.52 bits per heavy atom. The highest BCUT2D eigenvalue weighted by atomic mass is 16.4. The van der Waals surface area contributed by atoms with Crippen LogP contribution >= 0.6 is 0 Å². The summed E-state index contributed by atoms with van der Waals surface area (Å²) in [5, 5.41) is 26.3. The van der Waals surface area contributed by atoms with Crippen LogP contribution in [0.25, 0.3) is 0 Å². The molecule has 0 aromatic heterocycles. The molecule has 11 N–H and O–H groups in total. The SMILES string of the molecule is CCC(C)C(NC(=O)C(CO)NC(=O)C(N)C(C)C)C(=O)NC(CCCN=C(N)N)C(=O)O. The molecule has 3 amide bonds. The Kier molecular flexibility index (Phi) is 13.7. The monoisotopic (exact) mass is 473 g/mol. The van der Waals surface area contributed by atoms with Crippen LogP contribution in [0.15, 0.2) is 4.99 Å². The molecule has 0 aromatic rings. The van der Waals surface area contributed by atoms with Crippen LogP contribution in [0.4, 0.5) is 0 Å². The summed E-state index contributed by atoms with van der Waals surface area (Å²) >= 11 is 0. The summed E-state index contributed by atoms with van der Waals surface area (Å²) in [5.41, 5.74) is 16.2. The van der Waals surface area contributed by atoms with E-state index in [0.717, 1.165) is 0 Å². The van der Waals surface area contributed by atoms with E-state index >= 15 is 0 Å². The largest absolute Gasteiger partial charge is 0.480 e. The highest BCUT2D eigenvalue weighted by Gasteiger charge is 2.32. The summed E-state index contributed by atoms with van der Waals surface area (Å²) in [4.78, 5) is 53.0. The van der Waals surface area contributed by atoms with E-state index in [0.29, 0.717) is 12.8 Å². The molecular formula is C20H39N7O6. The Balaban J connectivity index is 5.30. The molecule has 33 heavy (non-hydrogen) atoms. The molecule has 5 unspecified atom stereocenters. The van der Waals surface area contributed by atoms with Crippen molar-refractivity contribution in [1.82, 2.24) is 16.0 Å². The lowest BCUT2D eigenvalue weighted by molar-refractivity contribution is -0.143. The lowest BCUT2D eigenvalue weighted by Gasteiger charge is -2.27. The number of hydrogen-bond donors (Lipinski definition) is 8. The molecule has 0 rings (SSSR count). The fourth-order valence-electron chi connectivity index (χ4n) is 2.74. The molecule has 13 nitrogen and oxygen atoms in total. The van der Waals surface area contributed by atoms with Gasteiger partial charge in [-0.1, -0.05) is 34.1 Å². The lowest BCUT2D eigenvalue weighted by atomic mass is 9.97. The zero-order valence-electron chi connectivity index (χ0n) is 19.7. The third kappa shape index (κ3) is 11.0. The Hall–Kier alpha value is -2.93. The highest BCUT2D eigenvalue weighted by molar-refractivity contribution is 5.94. The first kappa shape index (κ1) is 30.1. The van der Waals surface area contributed by atoms with Crippen LogP contribution in [-0.2, 0) is 19.2 Å². The molecular weight excluding hydrogens is 434 g/mol. The number of aliphatic imine (C=N–C) groups is 1. The molecule has 5 atom stereocenters. The number of carboxylic acids is 1. The van der Waals surface area contributed by atoms with E-state index in [-0.39, 0.29) is 30.8 Å². The second-order valence-corrected chi connectivity index (χ2v) is 8.23. The second kappa shape index (κ2) is 15.0. The Morgan fingerprint density at radius 1 is 0.939 bits per heavy atom. The van der Waals surface area contributed by atoms with Crippen molar-refractivity contribution in [3.8, 4) is 0 Å². The highest BCUT2D eigenvalue weighted by Crippen LogP contribution is 2.10. The van der Waals surface area contributed by atoms with Gasteiger partial charge in [-0.15, -0.1) is 0 Å². The molecule has 190 valence electrons. The number of nitrogens with zero attached hydrogens (tertiary/aromatic N) is 1. The van der Waals surface area contributed by atoms with Crippen LogP contribution in [0.2, 0.25) is 0 Å². The molecule has 0 fully saturated rings. The van der Waals surface area contributed by atoms with Crippen LogP contribution in [0, 0.1) is 11.8 Å². The van der Waals surface area contributed by atoms with Crippen molar-refractivity contribution >= 4 is 29.7 Å². The van der Waals surface area contributed by atoms with Gasteiger partial charge >= 0.3 is 5.97 Å². The first-order valence-electron chi connectivity index (χ1n) is 10.9. The van der Waals surface area contributed by atoms with Crippen molar-refractivity contribution in [2.75, 3.05) is 13.2 Å². The molecule has 0 aliphatic heterocycles. The van der Waals surface area contributed by atoms with E-state index in [1.807, 2.05) is 0 Å². The minimum Gasteiger partial charge on any atom is -0.480 e. The third-order valence-corrected chi connectivity index (χ3v) is 5.19. The van der Waals surface area contributed by atoms with E-state index in [1.165, 1.54) is 0 Å². The van der Waals surface area contributed by atoms with Gasteiger partial charge in [0.05, 0.1) is 12.6 Å². The van der Waals surface area contributed by atoms with Crippen molar-refractivity contribution in [2.24, 2.45) is 34.0 Å². The maximum atomic E-state index is 12.8. The summed E-state index contributed by atoms with van der Waals surface area (Å²) in [6.07, 6.45) is 0.876. The average molecular weight is 474 g/mol. The summed E-state index contributed by atoms with van der Waals surface area (Å²) in [7, 11) is 0. The minimum absolute atomic E-state index is 0.0709. The second-order valence-electron chi connectivity index (χ2n) is 8.23. The van der Waals surface area contributed by atoms with Gasteiger partial charge in [-0.2, -0.15) is 0 Å². The Labute approximate surface area is 193 Å². The maximum Gasteiger partial charge on any atom is 0.326 e. The summed E-state index contributed by atoms with van der Waals surface area (Å²) in [5.74, 6) is -4.02. The molecule has 0 bridgehead atoms. The van der Waals surface area contributed by atoms with Crippen molar-refractivity contribution in [2.45, 2.75) is 71.1 Å². The summed E-state index contributed by atoms with van der Waals surface area (Å²) in [6.45, 7) is 6.47. The van der Waals surface area contributed by atoms with Gasteiger partial charge in [-0.25, -0.2) is 4.79 Å². The number of nitrogens with two attached hydrogens (primary N) is 3. The van der Waals surface area contributed by atoms with Crippen LogP contribution in [0.3, 0.4) is 0 Å². The number of carboxylic acid groups (broad SMARTS) is 1. The first-order valence-corrected chi connectivity index (χ1v) is 10.9. The first-order chi connectivity index (χ1) is 15.3. The molecule has 0 spiro atoms. The van der Waals surface area contributed by atoms with Gasteiger partial charge < -0.3 is 43.4 Å². The summed E-state index contributed by atoms with van der Waals surface area (Å²) < 4.78 is 0. The Bertz CT molecular complexity index is 696. The average Bonchev–Trinajstić information content (AvgIpc) is 2.75. The normalized spacial score (nSPS) is 15.5. The third-order valence-electron chi connectivity index (χ3n) is 5.19. The summed E-state index contributed by atoms with van der Waals surface area (Å²) in [6, 6.07) is -4.51. The number of guanidine groups is 1. The molecule has 0 aliphatic carbocycles. The van der Waals surface area contributed by atoms with Gasteiger partial charge in [0.1, 0.15) is 18.1 Å². The standard InChI is InChI=1S/C20H39N7O6/c1-5-11(4)15(18(31)25-12(19(32)33)7-6-8-24-20(22)23)27-16(29)13(9-28)26-17(30)14(21)10(2)3/h10-15,28H,5-9,21H2,1-4H3,(H,25,31)(H,26,30)(H,27,29)(H,32,33)(H4,22,23,24). The van der Waals surface area contributed by atoms with Gasteiger partial charge in [0.2, 0.25) is 17.7 Å². The number of nitrogens with one attached hydrogen (secondary N) is 3. The fourth-order valence-corrected chi connectivity index (χ4v) is 2.74. The van der Waals surface area contributed by atoms with Crippen LogP contribution in [-0.4, -0.2) is 77.2 Å². The number of aliphatic carboxylic acids is 1. The van der Waals surface area contributed by atoms with Gasteiger partial charge in [0.15, 0.2) is 5.96 Å². The Morgan fingerprint density at radius 3 is 1.97 bits per heavy atom. The van der Waals surface area contributed by atoms with Crippen molar-refractivity contribution < 1.29 is 29.4 Å². The number of hydrogen-bond acceptors (Lipinski definition) is 7. The zero-order chi connectivity index (χ0) is 25.7. The van der Waals surface area contributed by atoms with Crippen molar-refractivity contribution in [1.29, 1.82) is 0 Å². The molecule has 0 heterocycles. The van der Waals surface area contributed by atoms with Gasteiger partial charge in [-0.3, -0.25) is 19.4 Å². The molecule has 0 aliphatic rings. The van der Waals surface area contributed by atoms with E-state index in [1.54, 1.807) is 27.7 Å². The number of carbonyl (C=O) groups is 4. The molecule has 0 saturated heterocycles. The predicted octanol–water partition coefficient (Wildman–Crippen LogP) is -2.40. The molecule has 0 aromatic carbocycles. The maximum absolute atomic E-state index is 12.8. The van der Waals surface area contributed by atoms with Crippen LogP contribution in [0.1, 0.15) is 47.0 Å². The predicted molar refractivity (Wildman–Crippen MR) is 123 cm³/mol. The molecule has 13 heteroatoms. The zero-order valence-corrected chi connectivity index (χ0v) is 19.7. The van der Waals surface area contributed by atoms with Gasteiger partial charge in [-0.05, 0) is 24.7 Å². The van der Waals surface area contributed by atoms with Crippen LogP contribution < -0.4 is 33.2 Å². The quantitative estimate of drug-likeness (QED) is 0.0717. The van der Waals surface area contributed by atoms with Crippen molar-refractivity contribution in [3.05, 3.63) is 0 Å². The minimum atomic E-state index is -1.32. The number of amides is 3.